The molecule has 0 spiro atoms. The molecule has 0 saturated carbocycles. The molecule has 0 radical (unpaired) electrons. The fourth-order valence-electron chi connectivity index (χ4n) is 1.96. The molecule has 0 atom stereocenters. The van der Waals surface area contributed by atoms with Gasteiger partial charge >= 0.3 is 6.18 Å². The summed E-state index contributed by atoms with van der Waals surface area (Å²) in [5.41, 5.74) is 0.157. The molecule has 0 aliphatic heterocycles. The summed E-state index contributed by atoms with van der Waals surface area (Å²) in [6.45, 7) is 5.00. The molecule has 1 heterocycles. The summed E-state index contributed by atoms with van der Waals surface area (Å²) >= 11 is 0. The zero-order valence-electron chi connectivity index (χ0n) is 11.9. The van der Waals surface area contributed by atoms with Crippen LogP contribution in [0.4, 0.5) is 13.2 Å². The van der Waals surface area contributed by atoms with Gasteiger partial charge in [-0.3, -0.25) is 0 Å². The molecule has 2 aromatic rings. The fraction of sp³-hybridized carbons (Fsp3) is 0.429. The summed E-state index contributed by atoms with van der Waals surface area (Å²) in [6, 6.07) is 5.35. The lowest BCUT2D eigenvalue weighted by atomic mass is 10.1. The van der Waals surface area contributed by atoms with E-state index in [9.17, 15) is 13.2 Å². The smallest absolute Gasteiger partial charge is 0.306 e. The third kappa shape index (κ3) is 4.04. The molecule has 0 aliphatic carbocycles. The monoisotopic (exact) mass is 298 g/mol. The van der Waals surface area contributed by atoms with E-state index in [0.717, 1.165) is 23.5 Å². The number of halogens is 3. The lowest BCUT2D eigenvalue weighted by Crippen LogP contribution is -2.18. The maximum absolute atomic E-state index is 12.4. The highest BCUT2D eigenvalue weighted by molar-refractivity contribution is 5.24. The van der Waals surface area contributed by atoms with Crippen molar-refractivity contribution in [2.45, 2.75) is 39.2 Å². The lowest BCUT2D eigenvalue weighted by Gasteiger charge is -2.11. The van der Waals surface area contributed by atoms with E-state index in [-0.39, 0.29) is 6.04 Å². The van der Waals surface area contributed by atoms with Gasteiger partial charge in [-0.2, -0.15) is 18.3 Å². The normalized spacial score (nSPS) is 12.1. The van der Waals surface area contributed by atoms with E-state index in [1.165, 1.54) is 18.5 Å². The van der Waals surface area contributed by atoms with E-state index in [1.54, 1.807) is 4.68 Å². The maximum atomic E-state index is 12.4. The number of benzene rings is 1. The topological polar surface area (TPSA) is 42.7 Å². The first-order valence-corrected chi connectivity index (χ1v) is 6.63. The Morgan fingerprint density at radius 2 is 1.81 bits per heavy atom. The molecule has 2 rings (SSSR count). The summed E-state index contributed by atoms with van der Waals surface area (Å²) < 4.78 is 39.1. The van der Waals surface area contributed by atoms with Crippen LogP contribution in [0.1, 0.15) is 36.8 Å². The second-order valence-electron chi connectivity index (χ2n) is 5.01. The first-order chi connectivity index (χ1) is 9.88. The predicted octanol–water partition coefficient (Wildman–Crippen LogP) is 3.17. The predicted molar refractivity (Wildman–Crippen MR) is 72.4 cm³/mol. The van der Waals surface area contributed by atoms with E-state index in [4.69, 9.17) is 0 Å². The van der Waals surface area contributed by atoms with Crippen molar-refractivity contribution in [3.8, 4) is 0 Å². The van der Waals surface area contributed by atoms with E-state index < -0.39 is 11.7 Å². The highest BCUT2D eigenvalue weighted by Crippen LogP contribution is 2.29. The molecule has 1 aromatic carbocycles. The second-order valence-corrected chi connectivity index (χ2v) is 5.01. The molecule has 0 fully saturated rings. The van der Waals surface area contributed by atoms with Crippen molar-refractivity contribution < 1.29 is 13.2 Å². The molecule has 4 nitrogen and oxygen atoms in total. The lowest BCUT2D eigenvalue weighted by molar-refractivity contribution is -0.137. The third-order valence-electron chi connectivity index (χ3n) is 3.03. The molecule has 0 amide bonds. The first-order valence-electron chi connectivity index (χ1n) is 6.63. The van der Waals surface area contributed by atoms with E-state index in [0.29, 0.717) is 13.1 Å². The Kier molecular flexibility index (Phi) is 4.62. The highest BCUT2D eigenvalue weighted by atomic mass is 19.4. The van der Waals surface area contributed by atoms with Gasteiger partial charge in [0.1, 0.15) is 12.2 Å². The van der Waals surface area contributed by atoms with Crippen LogP contribution in [0, 0.1) is 0 Å². The van der Waals surface area contributed by atoms with Gasteiger partial charge < -0.3 is 5.32 Å². The Morgan fingerprint density at radius 1 is 1.14 bits per heavy atom. The summed E-state index contributed by atoms with van der Waals surface area (Å²) in [7, 11) is 0. The van der Waals surface area contributed by atoms with Crippen LogP contribution < -0.4 is 5.32 Å². The number of nitrogens with zero attached hydrogens (tertiary/aromatic N) is 3. The van der Waals surface area contributed by atoms with Crippen LogP contribution in [0.15, 0.2) is 30.6 Å². The molecule has 1 N–H and O–H groups in total. The van der Waals surface area contributed by atoms with Crippen LogP contribution in [0.5, 0.6) is 0 Å². The average molecular weight is 298 g/mol. The largest absolute Gasteiger partial charge is 0.416 e. The van der Waals surface area contributed by atoms with Crippen LogP contribution in [-0.2, 0) is 19.3 Å². The highest BCUT2D eigenvalue weighted by Gasteiger charge is 2.29. The van der Waals surface area contributed by atoms with Gasteiger partial charge in [0, 0.05) is 12.6 Å². The third-order valence-corrected chi connectivity index (χ3v) is 3.03. The molecular formula is C14H17F3N4. The van der Waals surface area contributed by atoms with Gasteiger partial charge in [-0.25, -0.2) is 9.67 Å². The Morgan fingerprint density at radius 3 is 2.38 bits per heavy atom. The van der Waals surface area contributed by atoms with Gasteiger partial charge in [0.05, 0.1) is 12.1 Å². The molecule has 1 aromatic heterocycles. The number of nitrogens with one attached hydrogen (secondary N) is 1. The summed E-state index contributed by atoms with van der Waals surface area (Å²) in [5.74, 6) is 0.803. The van der Waals surface area contributed by atoms with Crippen LogP contribution in [0.3, 0.4) is 0 Å². The summed E-state index contributed by atoms with van der Waals surface area (Å²) in [6.07, 6.45) is -2.80. The SMILES string of the molecule is CC(C)n1ncnc1CNCc1ccc(C(F)(F)F)cc1. The average Bonchev–Trinajstić information content (AvgIpc) is 2.87. The minimum Gasteiger partial charge on any atom is -0.306 e. The van der Waals surface area contributed by atoms with Gasteiger partial charge in [-0.05, 0) is 31.5 Å². The second kappa shape index (κ2) is 6.26. The van der Waals surface area contributed by atoms with Crippen molar-refractivity contribution in [1.82, 2.24) is 20.1 Å². The Labute approximate surface area is 121 Å². The van der Waals surface area contributed by atoms with Gasteiger partial charge in [0.15, 0.2) is 0 Å². The van der Waals surface area contributed by atoms with Crippen molar-refractivity contribution in [2.75, 3.05) is 0 Å². The molecule has 21 heavy (non-hydrogen) atoms. The minimum atomic E-state index is -4.29. The van der Waals surface area contributed by atoms with Crippen molar-refractivity contribution in [1.29, 1.82) is 0 Å². The molecular weight excluding hydrogens is 281 g/mol. The van der Waals surface area contributed by atoms with E-state index in [2.05, 4.69) is 15.4 Å². The zero-order valence-corrected chi connectivity index (χ0v) is 11.9. The fourth-order valence-corrected chi connectivity index (χ4v) is 1.96. The standard InChI is InChI=1S/C14H17F3N4/c1-10(2)21-13(19-9-20-21)8-18-7-11-3-5-12(6-4-11)14(15,16)17/h3-6,9-10,18H,7-8H2,1-2H3. The molecule has 114 valence electrons. The minimum absolute atomic E-state index is 0.218. The molecule has 0 aliphatic rings. The Hall–Kier alpha value is -1.89. The van der Waals surface area contributed by atoms with Crippen LogP contribution >= 0.6 is 0 Å². The first kappa shape index (κ1) is 15.5. The van der Waals surface area contributed by atoms with Gasteiger partial charge in [-0.1, -0.05) is 12.1 Å². The molecule has 0 unspecified atom stereocenters. The van der Waals surface area contributed by atoms with Gasteiger partial charge in [-0.15, -0.1) is 0 Å². The molecule has 0 saturated heterocycles. The maximum Gasteiger partial charge on any atom is 0.416 e. The number of hydrogen-bond donors (Lipinski definition) is 1. The Bertz CT molecular complexity index is 573. The Balaban J connectivity index is 1.90. The quantitative estimate of drug-likeness (QED) is 0.922. The zero-order chi connectivity index (χ0) is 15.5. The molecule has 7 heteroatoms. The van der Waals surface area contributed by atoms with Crippen LogP contribution in [0.25, 0.3) is 0 Å². The van der Waals surface area contributed by atoms with Crippen molar-refractivity contribution in [3.05, 3.63) is 47.5 Å². The summed E-state index contributed by atoms with van der Waals surface area (Å²) in [5, 5.41) is 7.27. The number of alkyl halides is 3. The van der Waals surface area contributed by atoms with E-state index >= 15 is 0 Å². The van der Waals surface area contributed by atoms with Crippen molar-refractivity contribution in [3.63, 3.8) is 0 Å². The summed E-state index contributed by atoms with van der Waals surface area (Å²) in [4.78, 5) is 4.16. The number of hydrogen-bond acceptors (Lipinski definition) is 3. The van der Waals surface area contributed by atoms with Crippen LogP contribution in [-0.4, -0.2) is 14.8 Å². The number of rotatable bonds is 5. The van der Waals surface area contributed by atoms with E-state index in [1.807, 2.05) is 13.8 Å². The van der Waals surface area contributed by atoms with Crippen LogP contribution in [0.2, 0.25) is 0 Å². The number of aromatic nitrogens is 3. The van der Waals surface area contributed by atoms with Crippen molar-refractivity contribution >= 4 is 0 Å². The van der Waals surface area contributed by atoms with Crippen molar-refractivity contribution in [2.24, 2.45) is 0 Å². The molecule has 0 bridgehead atoms. The van der Waals surface area contributed by atoms with Gasteiger partial charge in [0.25, 0.3) is 0 Å². The van der Waals surface area contributed by atoms with Gasteiger partial charge in [0.2, 0.25) is 0 Å².